The van der Waals surface area contributed by atoms with Crippen LogP contribution in [0.15, 0.2) is 66.7 Å². The molecule has 0 atom stereocenters. The Morgan fingerprint density at radius 2 is 1.75 bits per heavy atom. The molecule has 3 aromatic carbocycles. The van der Waals surface area contributed by atoms with Crippen molar-refractivity contribution in [3.05, 3.63) is 94.8 Å². The summed E-state index contributed by atoms with van der Waals surface area (Å²) in [6.45, 7) is 0.318. The molecule has 0 aromatic heterocycles. The molecule has 0 fully saturated rings. The van der Waals surface area contributed by atoms with Crippen LogP contribution in [0.4, 0.5) is 4.39 Å². The number of carbonyl (C=O) groups is 1. The van der Waals surface area contributed by atoms with E-state index >= 15 is 0 Å². The third kappa shape index (κ3) is 4.76. The molecule has 142 valence electrons. The standard InChI is InChI=1S/C23H19FO4/c1-27-23(26)22-18(10-7-16-8-11-19(24)12-9-16)13-20(14-21(22)25)28-15-17-5-3-2-4-6-17/h2-14,25H,15H2,1H3. The van der Waals surface area contributed by atoms with Crippen molar-refractivity contribution >= 4 is 18.1 Å². The van der Waals surface area contributed by atoms with Crippen molar-refractivity contribution < 1.29 is 23.8 Å². The Hall–Kier alpha value is -3.60. The van der Waals surface area contributed by atoms with Crippen molar-refractivity contribution in [3.63, 3.8) is 0 Å². The molecule has 0 aliphatic heterocycles. The zero-order valence-corrected chi connectivity index (χ0v) is 15.3. The summed E-state index contributed by atoms with van der Waals surface area (Å²) in [6, 6.07) is 18.5. The molecule has 1 N–H and O–H groups in total. The highest BCUT2D eigenvalue weighted by Crippen LogP contribution is 2.30. The highest BCUT2D eigenvalue weighted by Gasteiger charge is 2.17. The molecule has 5 heteroatoms. The van der Waals surface area contributed by atoms with Crippen LogP contribution in [0.2, 0.25) is 0 Å². The lowest BCUT2D eigenvalue weighted by molar-refractivity contribution is 0.0597. The Morgan fingerprint density at radius 3 is 2.43 bits per heavy atom. The van der Waals surface area contributed by atoms with Crippen molar-refractivity contribution in [2.45, 2.75) is 6.61 Å². The molecule has 0 aliphatic rings. The summed E-state index contributed by atoms with van der Waals surface area (Å²) in [7, 11) is 1.25. The van der Waals surface area contributed by atoms with E-state index in [2.05, 4.69) is 0 Å². The van der Waals surface area contributed by atoms with Crippen molar-refractivity contribution in [2.75, 3.05) is 7.11 Å². The molecule has 0 radical (unpaired) electrons. The van der Waals surface area contributed by atoms with Crippen molar-refractivity contribution in [1.82, 2.24) is 0 Å². The van der Waals surface area contributed by atoms with E-state index in [1.54, 1.807) is 30.4 Å². The Kier molecular flexibility index (Phi) is 6.07. The Balaban J connectivity index is 1.91. The largest absolute Gasteiger partial charge is 0.507 e. The van der Waals surface area contributed by atoms with Crippen molar-refractivity contribution in [2.24, 2.45) is 0 Å². The molecule has 0 aliphatic carbocycles. The van der Waals surface area contributed by atoms with Crippen LogP contribution in [-0.2, 0) is 11.3 Å². The van der Waals surface area contributed by atoms with Crippen LogP contribution in [0.3, 0.4) is 0 Å². The lowest BCUT2D eigenvalue weighted by Gasteiger charge is -2.12. The quantitative estimate of drug-likeness (QED) is 0.481. The molecule has 0 heterocycles. The number of hydrogen-bond donors (Lipinski definition) is 1. The summed E-state index contributed by atoms with van der Waals surface area (Å²) in [4.78, 5) is 12.1. The first kappa shape index (κ1) is 19.2. The zero-order chi connectivity index (χ0) is 19.9. The third-order valence-corrected chi connectivity index (χ3v) is 4.08. The van der Waals surface area contributed by atoms with Crippen molar-refractivity contribution in [3.8, 4) is 11.5 Å². The molecule has 3 rings (SSSR count). The molecule has 0 saturated heterocycles. The summed E-state index contributed by atoms with van der Waals surface area (Å²) in [5.41, 5.74) is 2.18. The Labute approximate surface area is 162 Å². The lowest BCUT2D eigenvalue weighted by Crippen LogP contribution is -2.05. The minimum Gasteiger partial charge on any atom is -0.507 e. The van der Waals surface area contributed by atoms with Crippen LogP contribution < -0.4 is 4.74 Å². The molecule has 0 bridgehead atoms. The van der Waals surface area contributed by atoms with E-state index in [9.17, 15) is 14.3 Å². The van der Waals surface area contributed by atoms with Gasteiger partial charge in [0.1, 0.15) is 29.5 Å². The number of phenols is 1. The second kappa shape index (κ2) is 8.86. The lowest BCUT2D eigenvalue weighted by atomic mass is 10.0. The first-order valence-electron chi connectivity index (χ1n) is 8.62. The van der Waals surface area contributed by atoms with Gasteiger partial charge in [-0.15, -0.1) is 0 Å². The molecule has 3 aromatic rings. The zero-order valence-electron chi connectivity index (χ0n) is 15.3. The van der Waals surface area contributed by atoms with E-state index in [0.29, 0.717) is 17.9 Å². The van der Waals surface area contributed by atoms with Gasteiger partial charge in [-0.1, -0.05) is 54.6 Å². The average Bonchev–Trinajstić information content (AvgIpc) is 2.72. The number of esters is 1. The fourth-order valence-corrected chi connectivity index (χ4v) is 2.66. The number of carbonyl (C=O) groups excluding carboxylic acids is 1. The van der Waals surface area contributed by atoms with Crippen LogP contribution in [0.25, 0.3) is 12.2 Å². The van der Waals surface area contributed by atoms with E-state index in [1.165, 1.54) is 25.3 Å². The van der Waals surface area contributed by atoms with Gasteiger partial charge >= 0.3 is 5.97 Å². The highest BCUT2D eigenvalue weighted by atomic mass is 19.1. The second-order valence-electron chi connectivity index (χ2n) is 6.06. The normalized spacial score (nSPS) is 10.8. The molecule has 4 nitrogen and oxygen atoms in total. The molecular formula is C23H19FO4. The SMILES string of the molecule is COC(=O)c1c(O)cc(OCc2ccccc2)cc1C=Cc1ccc(F)cc1. The third-order valence-electron chi connectivity index (χ3n) is 4.08. The van der Waals surface area contributed by atoms with Gasteiger partial charge in [0.15, 0.2) is 0 Å². The van der Waals surface area contributed by atoms with Gasteiger partial charge in [-0.3, -0.25) is 0 Å². The van der Waals surface area contributed by atoms with Gasteiger partial charge in [-0.25, -0.2) is 9.18 Å². The fraction of sp³-hybridized carbons (Fsp3) is 0.0870. The van der Waals surface area contributed by atoms with Gasteiger partial charge in [0, 0.05) is 6.07 Å². The molecule has 28 heavy (non-hydrogen) atoms. The summed E-state index contributed by atoms with van der Waals surface area (Å²) in [6.07, 6.45) is 3.36. The number of aromatic hydroxyl groups is 1. The van der Waals surface area contributed by atoms with E-state index in [-0.39, 0.29) is 17.1 Å². The van der Waals surface area contributed by atoms with E-state index in [4.69, 9.17) is 9.47 Å². The maximum absolute atomic E-state index is 13.1. The Morgan fingerprint density at radius 1 is 1.04 bits per heavy atom. The molecule has 0 spiro atoms. The van der Waals surface area contributed by atoms with E-state index in [0.717, 1.165) is 11.1 Å². The van der Waals surface area contributed by atoms with Gasteiger partial charge in [0.25, 0.3) is 0 Å². The summed E-state index contributed by atoms with van der Waals surface area (Å²) in [5.74, 6) is -0.823. The number of methoxy groups -OCH3 is 1. The molecule has 0 unspecified atom stereocenters. The predicted molar refractivity (Wildman–Crippen MR) is 106 cm³/mol. The van der Waals surface area contributed by atoms with Gasteiger partial charge in [-0.2, -0.15) is 0 Å². The fourth-order valence-electron chi connectivity index (χ4n) is 2.66. The van der Waals surface area contributed by atoms with Crippen LogP contribution in [0.5, 0.6) is 11.5 Å². The van der Waals surface area contributed by atoms with Gasteiger partial charge < -0.3 is 14.6 Å². The highest BCUT2D eigenvalue weighted by molar-refractivity contribution is 5.98. The van der Waals surface area contributed by atoms with Crippen molar-refractivity contribution in [1.29, 1.82) is 0 Å². The first-order chi connectivity index (χ1) is 13.6. The molecule has 0 amide bonds. The number of benzene rings is 3. The first-order valence-corrected chi connectivity index (χ1v) is 8.62. The van der Waals surface area contributed by atoms with Gasteiger partial charge in [-0.05, 0) is 34.9 Å². The molecular weight excluding hydrogens is 359 g/mol. The number of halogens is 1. The average molecular weight is 378 g/mol. The van der Waals surface area contributed by atoms with E-state index < -0.39 is 5.97 Å². The topological polar surface area (TPSA) is 55.8 Å². The minimum absolute atomic E-state index is 0.0351. The monoisotopic (exact) mass is 378 g/mol. The number of ether oxygens (including phenoxy) is 2. The number of rotatable bonds is 6. The summed E-state index contributed by atoms with van der Waals surface area (Å²) in [5, 5.41) is 10.3. The second-order valence-corrected chi connectivity index (χ2v) is 6.06. The Bertz CT molecular complexity index is 979. The van der Waals surface area contributed by atoms with Gasteiger partial charge in [0.2, 0.25) is 0 Å². The van der Waals surface area contributed by atoms with E-state index in [1.807, 2.05) is 30.3 Å². The van der Waals surface area contributed by atoms with Crippen LogP contribution in [0, 0.1) is 5.82 Å². The maximum atomic E-state index is 13.1. The van der Waals surface area contributed by atoms with Crippen LogP contribution >= 0.6 is 0 Å². The molecule has 0 saturated carbocycles. The van der Waals surface area contributed by atoms with Crippen LogP contribution in [-0.4, -0.2) is 18.2 Å². The summed E-state index contributed by atoms with van der Waals surface area (Å²) < 4.78 is 23.6. The maximum Gasteiger partial charge on any atom is 0.342 e. The van der Waals surface area contributed by atoms with Crippen LogP contribution in [0.1, 0.15) is 27.0 Å². The predicted octanol–water partition coefficient (Wildman–Crippen LogP) is 5.07. The summed E-state index contributed by atoms with van der Waals surface area (Å²) >= 11 is 0. The number of phenolic OH excluding ortho intramolecular Hbond substituents is 1. The van der Waals surface area contributed by atoms with Gasteiger partial charge in [0.05, 0.1) is 7.11 Å². The minimum atomic E-state index is -0.661. The number of hydrogen-bond acceptors (Lipinski definition) is 4. The smallest absolute Gasteiger partial charge is 0.342 e.